The van der Waals surface area contributed by atoms with Gasteiger partial charge in [-0.25, -0.2) is 14.7 Å². The highest BCUT2D eigenvalue weighted by molar-refractivity contribution is 6.14. The number of rotatable bonds is 3. The molecule has 0 aliphatic carbocycles. The molecule has 0 saturated heterocycles. The Balaban J connectivity index is 1.73. The molecule has 3 aliphatic rings. The minimum absolute atomic E-state index is 0.273. The first-order valence-electron chi connectivity index (χ1n) is 6.98. The summed E-state index contributed by atoms with van der Waals surface area (Å²) >= 11 is 0. The fourth-order valence-corrected chi connectivity index (χ4v) is 2.56. The van der Waals surface area contributed by atoms with Crippen LogP contribution in [0.2, 0.25) is 0 Å². The minimum Gasteiger partial charge on any atom is -0.379 e. The summed E-state index contributed by atoms with van der Waals surface area (Å²) in [6, 6.07) is 0. The van der Waals surface area contributed by atoms with Crippen LogP contribution in [0.25, 0.3) is 0 Å². The maximum Gasteiger partial charge on any atom is 0.219 e. The molecule has 1 aromatic rings. The van der Waals surface area contributed by atoms with Gasteiger partial charge in [0.25, 0.3) is 0 Å². The number of guanidine groups is 1. The first kappa shape index (κ1) is 13.0. The van der Waals surface area contributed by atoms with Gasteiger partial charge in [0.1, 0.15) is 0 Å². The van der Waals surface area contributed by atoms with Crippen molar-refractivity contribution in [2.24, 2.45) is 26.4 Å². The SMILES string of the molecule is NCCn1ncc2c1N=C(N)N1NC(C3=CN=CCN3)N=C21. The molecule has 0 aromatic carbocycles. The monoisotopic (exact) mass is 300 g/mol. The number of hydrazine groups is 1. The van der Waals surface area contributed by atoms with Crippen LogP contribution >= 0.6 is 0 Å². The average molecular weight is 300 g/mol. The molecule has 6 N–H and O–H groups in total. The third-order valence-corrected chi connectivity index (χ3v) is 3.57. The van der Waals surface area contributed by atoms with Crippen molar-refractivity contribution in [3.05, 3.63) is 23.7 Å². The quantitative estimate of drug-likeness (QED) is 0.521. The fraction of sp³-hybridized carbons (Fsp3) is 0.333. The van der Waals surface area contributed by atoms with Crippen LogP contribution < -0.4 is 22.2 Å². The van der Waals surface area contributed by atoms with Crippen LogP contribution in [0.5, 0.6) is 0 Å². The normalized spacial score (nSPS) is 22.5. The molecule has 22 heavy (non-hydrogen) atoms. The van der Waals surface area contributed by atoms with Gasteiger partial charge in [-0.1, -0.05) is 0 Å². The van der Waals surface area contributed by atoms with Crippen LogP contribution in [0.3, 0.4) is 0 Å². The molecule has 4 heterocycles. The summed E-state index contributed by atoms with van der Waals surface area (Å²) < 4.78 is 1.73. The van der Waals surface area contributed by atoms with Crippen LogP contribution in [-0.4, -0.2) is 52.1 Å². The lowest BCUT2D eigenvalue weighted by atomic mass is 10.2. The lowest BCUT2D eigenvalue weighted by Gasteiger charge is -2.24. The largest absolute Gasteiger partial charge is 0.379 e. The molecule has 114 valence electrons. The van der Waals surface area contributed by atoms with Crippen LogP contribution in [0.15, 0.2) is 33.1 Å². The summed E-state index contributed by atoms with van der Waals surface area (Å²) in [6.07, 6.45) is 5.00. The van der Waals surface area contributed by atoms with Crippen molar-refractivity contribution in [1.29, 1.82) is 0 Å². The Morgan fingerprint density at radius 3 is 3.09 bits per heavy atom. The van der Waals surface area contributed by atoms with Crippen molar-refractivity contribution < 1.29 is 0 Å². The van der Waals surface area contributed by atoms with Crippen molar-refractivity contribution in [3.63, 3.8) is 0 Å². The standard InChI is InChI=1S/C12H16N10/c13-1-4-21-10-7(5-17-21)11-18-9(8-6-15-2-3-16-8)20-22(11)12(14)19-10/h2,5-6,9,16,20H,1,3-4,13H2,(H2,14,19). The highest BCUT2D eigenvalue weighted by Gasteiger charge is 2.36. The maximum absolute atomic E-state index is 6.04. The van der Waals surface area contributed by atoms with E-state index in [-0.39, 0.29) is 6.17 Å². The minimum atomic E-state index is -0.273. The number of nitrogens with one attached hydrogen (secondary N) is 2. The summed E-state index contributed by atoms with van der Waals surface area (Å²) in [4.78, 5) is 13.2. The van der Waals surface area contributed by atoms with E-state index in [1.807, 2.05) is 0 Å². The molecule has 10 nitrogen and oxygen atoms in total. The molecular formula is C12H16N10. The lowest BCUT2D eigenvalue weighted by molar-refractivity contribution is 0.424. The van der Waals surface area contributed by atoms with Crippen molar-refractivity contribution in [1.82, 2.24) is 25.5 Å². The Bertz CT molecular complexity index is 724. The van der Waals surface area contributed by atoms with E-state index in [9.17, 15) is 0 Å². The second kappa shape index (κ2) is 4.93. The molecule has 0 bridgehead atoms. The van der Waals surface area contributed by atoms with Gasteiger partial charge in [0.15, 0.2) is 17.8 Å². The summed E-state index contributed by atoms with van der Waals surface area (Å²) in [5, 5.41) is 9.21. The summed E-state index contributed by atoms with van der Waals surface area (Å²) in [5.41, 5.74) is 16.5. The molecule has 1 atom stereocenters. The van der Waals surface area contributed by atoms with E-state index < -0.39 is 0 Å². The number of nitrogens with two attached hydrogens (primary N) is 2. The van der Waals surface area contributed by atoms with Crippen LogP contribution in [-0.2, 0) is 6.54 Å². The second-order valence-corrected chi connectivity index (χ2v) is 4.98. The van der Waals surface area contributed by atoms with Gasteiger partial charge >= 0.3 is 0 Å². The zero-order valence-electron chi connectivity index (χ0n) is 11.8. The Labute approximate surface area is 126 Å². The van der Waals surface area contributed by atoms with Crippen molar-refractivity contribution in [3.8, 4) is 0 Å². The van der Waals surface area contributed by atoms with E-state index in [1.165, 1.54) is 0 Å². The van der Waals surface area contributed by atoms with E-state index in [2.05, 4.69) is 30.8 Å². The van der Waals surface area contributed by atoms with Gasteiger partial charge < -0.3 is 16.8 Å². The van der Waals surface area contributed by atoms with Crippen LogP contribution in [0, 0.1) is 0 Å². The van der Waals surface area contributed by atoms with Crippen molar-refractivity contribution in [2.75, 3.05) is 13.1 Å². The number of aliphatic imine (C=N–C) groups is 3. The number of aromatic nitrogens is 2. The predicted octanol–water partition coefficient (Wildman–Crippen LogP) is -1.79. The topological polar surface area (TPSA) is 134 Å². The van der Waals surface area contributed by atoms with E-state index in [0.717, 1.165) is 11.3 Å². The first-order chi connectivity index (χ1) is 10.8. The zero-order chi connectivity index (χ0) is 15.1. The molecule has 4 rings (SSSR count). The third-order valence-electron chi connectivity index (χ3n) is 3.57. The van der Waals surface area contributed by atoms with E-state index in [0.29, 0.717) is 37.2 Å². The molecule has 1 unspecified atom stereocenters. The molecule has 1 aromatic heterocycles. The molecule has 0 radical (unpaired) electrons. The number of amidine groups is 1. The number of fused-ring (bicyclic) bond motifs is 3. The predicted molar refractivity (Wildman–Crippen MR) is 82.4 cm³/mol. The second-order valence-electron chi connectivity index (χ2n) is 4.98. The van der Waals surface area contributed by atoms with Gasteiger partial charge in [-0.15, -0.1) is 0 Å². The third kappa shape index (κ3) is 1.89. The Kier molecular flexibility index (Phi) is 2.91. The van der Waals surface area contributed by atoms with Gasteiger partial charge in [0.05, 0.1) is 30.5 Å². The van der Waals surface area contributed by atoms with E-state index >= 15 is 0 Å². The molecule has 0 spiro atoms. The van der Waals surface area contributed by atoms with Crippen molar-refractivity contribution >= 4 is 23.8 Å². The summed E-state index contributed by atoms with van der Waals surface area (Å²) in [6.45, 7) is 1.74. The summed E-state index contributed by atoms with van der Waals surface area (Å²) in [7, 11) is 0. The maximum atomic E-state index is 6.04. The highest BCUT2D eigenvalue weighted by atomic mass is 15.6. The number of hydrogen-bond acceptors (Lipinski definition) is 9. The first-order valence-corrected chi connectivity index (χ1v) is 6.98. The van der Waals surface area contributed by atoms with Crippen LogP contribution in [0.1, 0.15) is 5.56 Å². The van der Waals surface area contributed by atoms with Gasteiger partial charge in [0.2, 0.25) is 5.96 Å². The van der Waals surface area contributed by atoms with E-state index in [4.69, 9.17) is 11.5 Å². The van der Waals surface area contributed by atoms with Gasteiger partial charge in [-0.3, -0.25) is 4.99 Å². The molecular weight excluding hydrogens is 284 g/mol. The lowest BCUT2D eigenvalue weighted by Crippen LogP contribution is -2.51. The van der Waals surface area contributed by atoms with Crippen molar-refractivity contribution in [2.45, 2.75) is 12.7 Å². The van der Waals surface area contributed by atoms with Crippen LogP contribution in [0.4, 0.5) is 5.82 Å². The highest BCUT2D eigenvalue weighted by Crippen LogP contribution is 2.28. The zero-order valence-corrected chi connectivity index (χ0v) is 11.8. The Hall–Kier alpha value is -2.72. The molecule has 0 amide bonds. The molecule has 10 heteroatoms. The van der Waals surface area contributed by atoms with E-state index in [1.54, 1.807) is 28.3 Å². The number of hydrogen-bond donors (Lipinski definition) is 4. The fourth-order valence-electron chi connectivity index (χ4n) is 2.56. The Morgan fingerprint density at radius 1 is 1.41 bits per heavy atom. The molecule has 0 fully saturated rings. The van der Waals surface area contributed by atoms with Gasteiger partial charge in [-0.2, -0.15) is 15.5 Å². The summed E-state index contributed by atoms with van der Waals surface area (Å²) in [5.74, 6) is 1.71. The Morgan fingerprint density at radius 2 is 2.32 bits per heavy atom. The van der Waals surface area contributed by atoms with Gasteiger partial charge in [-0.05, 0) is 0 Å². The number of nitrogens with zero attached hydrogens (tertiary/aromatic N) is 6. The smallest absolute Gasteiger partial charge is 0.219 e. The molecule has 3 aliphatic heterocycles. The molecule has 0 saturated carbocycles. The van der Waals surface area contributed by atoms with Gasteiger partial charge in [0, 0.05) is 19.0 Å². The average Bonchev–Trinajstić information content (AvgIpc) is 3.14.